The molecule has 0 fully saturated rings. The lowest BCUT2D eigenvalue weighted by Crippen LogP contribution is -2.34. The molecule has 1 aromatic heterocycles. The van der Waals surface area contributed by atoms with Crippen LogP contribution in [0.5, 0.6) is 0 Å². The third-order valence-corrected chi connectivity index (χ3v) is 4.05. The molecule has 1 aliphatic rings. The predicted molar refractivity (Wildman–Crippen MR) is 66.7 cm³/mol. The second-order valence-electron chi connectivity index (χ2n) is 5.96. The molecular formula is C13H15F7N2O2. The zero-order chi connectivity index (χ0) is 18.5. The summed E-state index contributed by atoms with van der Waals surface area (Å²) in [6, 6.07) is 0. The Balaban J connectivity index is 2.38. The average molecular weight is 364 g/mol. The Labute approximate surface area is 131 Å². The van der Waals surface area contributed by atoms with Crippen LogP contribution in [0.3, 0.4) is 0 Å². The van der Waals surface area contributed by atoms with Crippen molar-refractivity contribution >= 4 is 0 Å². The van der Waals surface area contributed by atoms with E-state index in [2.05, 4.69) is 5.10 Å². The Morgan fingerprint density at radius 1 is 1.29 bits per heavy atom. The third kappa shape index (κ3) is 3.51. The number of aliphatic hydroxyl groups excluding tert-OH is 2. The maximum absolute atomic E-state index is 14.1. The smallest absolute Gasteiger partial charge is 0.385 e. The molecule has 0 amide bonds. The Morgan fingerprint density at radius 3 is 2.38 bits per heavy atom. The van der Waals surface area contributed by atoms with Crippen molar-refractivity contribution in [3.05, 3.63) is 17.0 Å². The van der Waals surface area contributed by atoms with Crippen molar-refractivity contribution in [1.29, 1.82) is 0 Å². The molecule has 24 heavy (non-hydrogen) atoms. The summed E-state index contributed by atoms with van der Waals surface area (Å²) in [6.45, 7) is 0.306. The van der Waals surface area contributed by atoms with Gasteiger partial charge in [0.25, 0.3) is 0 Å². The number of hydrogen-bond acceptors (Lipinski definition) is 3. The van der Waals surface area contributed by atoms with Gasteiger partial charge in [-0.1, -0.05) is 0 Å². The van der Waals surface area contributed by atoms with E-state index in [0.717, 1.165) is 6.92 Å². The molecule has 0 spiro atoms. The topological polar surface area (TPSA) is 58.3 Å². The van der Waals surface area contributed by atoms with Gasteiger partial charge in [-0.3, -0.25) is 4.68 Å². The van der Waals surface area contributed by atoms with Crippen molar-refractivity contribution in [2.75, 3.05) is 0 Å². The SMILES string of the molecule is CC1(F)CCc2c(c(C(F)(F)F)nn2CCC(O)C(F)(F)F)C1O. The standard InChI is InChI=1S/C13H15F7N2O2/c1-11(14)4-2-6-8(10(11)24)9(13(18,19)20)21-22(6)5-3-7(23)12(15,16)17/h7,10,23-24H,2-5H2,1H3. The van der Waals surface area contributed by atoms with Crippen molar-refractivity contribution in [3.63, 3.8) is 0 Å². The molecule has 0 aliphatic heterocycles. The molecule has 0 aromatic carbocycles. The Hall–Kier alpha value is -1.36. The maximum Gasteiger partial charge on any atom is 0.435 e. The minimum Gasteiger partial charge on any atom is -0.385 e. The maximum atomic E-state index is 14.1. The second kappa shape index (κ2) is 5.87. The first-order chi connectivity index (χ1) is 10.7. The molecule has 1 heterocycles. The van der Waals surface area contributed by atoms with Crippen molar-refractivity contribution in [1.82, 2.24) is 9.78 Å². The summed E-state index contributed by atoms with van der Waals surface area (Å²) < 4.78 is 90.9. The zero-order valence-corrected chi connectivity index (χ0v) is 12.4. The molecule has 1 aliphatic carbocycles. The fourth-order valence-corrected chi connectivity index (χ4v) is 2.66. The molecule has 1 aromatic rings. The molecule has 0 saturated carbocycles. The van der Waals surface area contributed by atoms with Crippen molar-refractivity contribution in [2.24, 2.45) is 0 Å². The first-order valence-corrected chi connectivity index (χ1v) is 7.03. The quantitative estimate of drug-likeness (QED) is 0.811. The molecule has 0 radical (unpaired) electrons. The van der Waals surface area contributed by atoms with Gasteiger partial charge in [0.1, 0.15) is 11.8 Å². The van der Waals surface area contributed by atoms with Crippen LogP contribution in [-0.4, -0.2) is 37.9 Å². The number of rotatable bonds is 3. The Bertz CT molecular complexity index is 607. The van der Waals surface area contributed by atoms with Crippen LogP contribution in [0.25, 0.3) is 0 Å². The van der Waals surface area contributed by atoms with Gasteiger partial charge in [-0.05, 0) is 19.8 Å². The molecule has 0 bridgehead atoms. The fourth-order valence-electron chi connectivity index (χ4n) is 2.66. The number of fused-ring (bicyclic) bond motifs is 1. The second-order valence-corrected chi connectivity index (χ2v) is 5.96. The normalized spacial score (nSPS) is 26.3. The summed E-state index contributed by atoms with van der Waals surface area (Å²) in [5.74, 6) is 0. The molecule has 2 N–H and O–H groups in total. The molecule has 0 saturated heterocycles. The molecule has 2 rings (SSSR count). The third-order valence-electron chi connectivity index (χ3n) is 4.05. The van der Waals surface area contributed by atoms with Gasteiger partial charge in [0, 0.05) is 24.2 Å². The van der Waals surface area contributed by atoms with Crippen molar-refractivity contribution < 1.29 is 40.9 Å². The van der Waals surface area contributed by atoms with Crippen LogP contribution in [0.1, 0.15) is 42.8 Å². The van der Waals surface area contributed by atoms with Crippen LogP contribution in [-0.2, 0) is 19.1 Å². The highest BCUT2D eigenvalue weighted by atomic mass is 19.4. The lowest BCUT2D eigenvalue weighted by Gasteiger charge is -2.32. The van der Waals surface area contributed by atoms with Gasteiger partial charge < -0.3 is 10.2 Å². The molecule has 4 nitrogen and oxygen atoms in total. The number of hydrogen-bond donors (Lipinski definition) is 2. The summed E-state index contributed by atoms with van der Waals surface area (Å²) in [4.78, 5) is 0. The number of aromatic nitrogens is 2. The van der Waals surface area contributed by atoms with E-state index in [1.54, 1.807) is 0 Å². The van der Waals surface area contributed by atoms with Crippen LogP contribution in [0.4, 0.5) is 30.7 Å². The van der Waals surface area contributed by atoms with Gasteiger partial charge >= 0.3 is 12.4 Å². The van der Waals surface area contributed by atoms with Gasteiger partial charge in [-0.15, -0.1) is 0 Å². The fraction of sp³-hybridized carbons (Fsp3) is 0.769. The summed E-state index contributed by atoms with van der Waals surface area (Å²) in [6.07, 6.45) is -16.1. The van der Waals surface area contributed by atoms with Gasteiger partial charge in [0.2, 0.25) is 0 Å². The van der Waals surface area contributed by atoms with Crippen LogP contribution in [0.15, 0.2) is 0 Å². The highest BCUT2D eigenvalue weighted by molar-refractivity contribution is 5.35. The van der Waals surface area contributed by atoms with Crippen molar-refractivity contribution in [3.8, 4) is 0 Å². The van der Waals surface area contributed by atoms with E-state index in [4.69, 9.17) is 5.11 Å². The van der Waals surface area contributed by atoms with Crippen LogP contribution in [0.2, 0.25) is 0 Å². The average Bonchev–Trinajstić information content (AvgIpc) is 2.78. The Morgan fingerprint density at radius 2 is 1.88 bits per heavy atom. The Kier molecular flexibility index (Phi) is 4.64. The highest BCUT2D eigenvalue weighted by Crippen LogP contribution is 2.45. The van der Waals surface area contributed by atoms with Gasteiger partial charge in [-0.25, -0.2) is 4.39 Å². The molecule has 3 unspecified atom stereocenters. The van der Waals surface area contributed by atoms with E-state index in [0.29, 0.717) is 4.68 Å². The lowest BCUT2D eigenvalue weighted by molar-refractivity contribution is -0.206. The summed E-state index contributed by atoms with van der Waals surface area (Å²) in [5.41, 5.74) is -4.73. The molecule has 11 heteroatoms. The van der Waals surface area contributed by atoms with E-state index >= 15 is 0 Å². The summed E-state index contributed by atoms with van der Waals surface area (Å²) in [7, 11) is 0. The van der Waals surface area contributed by atoms with E-state index < -0.39 is 54.5 Å². The molecule has 3 atom stereocenters. The van der Waals surface area contributed by atoms with Gasteiger partial charge in [0.05, 0.1) is 0 Å². The number of nitrogens with zero attached hydrogens (tertiary/aromatic N) is 2. The minimum atomic E-state index is -4.99. The van der Waals surface area contributed by atoms with Crippen LogP contribution < -0.4 is 0 Å². The summed E-state index contributed by atoms with van der Waals surface area (Å²) in [5, 5.41) is 22.1. The summed E-state index contributed by atoms with van der Waals surface area (Å²) >= 11 is 0. The number of aliphatic hydroxyl groups is 2. The number of aryl methyl sites for hydroxylation is 1. The highest BCUT2D eigenvalue weighted by Gasteiger charge is 2.49. The molecule has 138 valence electrons. The first-order valence-electron chi connectivity index (χ1n) is 7.03. The van der Waals surface area contributed by atoms with E-state index in [1.165, 1.54) is 0 Å². The largest absolute Gasteiger partial charge is 0.435 e. The zero-order valence-electron chi connectivity index (χ0n) is 12.4. The molecular weight excluding hydrogens is 349 g/mol. The van der Waals surface area contributed by atoms with E-state index in [1.807, 2.05) is 0 Å². The minimum absolute atomic E-state index is 0.167. The van der Waals surface area contributed by atoms with Gasteiger partial charge in [-0.2, -0.15) is 31.4 Å². The van der Waals surface area contributed by atoms with Crippen LogP contribution >= 0.6 is 0 Å². The predicted octanol–water partition coefficient (Wildman–Crippen LogP) is 2.92. The number of alkyl halides is 7. The van der Waals surface area contributed by atoms with E-state index in [9.17, 15) is 35.8 Å². The monoisotopic (exact) mass is 364 g/mol. The van der Waals surface area contributed by atoms with Crippen LogP contribution in [0, 0.1) is 0 Å². The van der Waals surface area contributed by atoms with Crippen molar-refractivity contribution in [2.45, 2.75) is 63.0 Å². The first kappa shape index (κ1) is 19.0. The number of halogens is 7. The van der Waals surface area contributed by atoms with E-state index in [-0.39, 0.29) is 18.5 Å². The van der Waals surface area contributed by atoms with Gasteiger partial charge in [0.15, 0.2) is 11.8 Å². The lowest BCUT2D eigenvalue weighted by atomic mass is 9.82.